The van der Waals surface area contributed by atoms with Crippen molar-refractivity contribution in [3.05, 3.63) is 12.3 Å². The van der Waals surface area contributed by atoms with Crippen LogP contribution < -0.4 is 5.59 Å². The van der Waals surface area contributed by atoms with Crippen LogP contribution in [0.5, 0.6) is 0 Å². The molecule has 0 saturated heterocycles. The van der Waals surface area contributed by atoms with Gasteiger partial charge in [-0.05, 0) is 24.9 Å². The van der Waals surface area contributed by atoms with Gasteiger partial charge in [0.25, 0.3) is 0 Å². The lowest BCUT2D eigenvalue weighted by atomic mass is 9.84. The summed E-state index contributed by atoms with van der Waals surface area (Å²) in [6, 6.07) is 1.03. The van der Waals surface area contributed by atoms with Gasteiger partial charge in [0.1, 0.15) is 0 Å². The fourth-order valence-corrected chi connectivity index (χ4v) is 1.52. The van der Waals surface area contributed by atoms with Gasteiger partial charge in [-0.25, -0.2) is 0 Å². The van der Waals surface area contributed by atoms with Crippen LogP contribution in [0.25, 0.3) is 0 Å². The van der Waals surface area contributed by atoms with Crippen molar-refractivity contribution in [2.45, 2.75) is 25.3 Å². The molecular weight excluding hydrogens is 180 g/mol. The zero-order chi connectivity index (χ0) is 9.47. The summed E-state index contributed by atoms with van der Waals surface area (Å²) in [5.41, 5.74) is -0.565. The molecule has 0 atom stereocenters. The third-order valence-electron chi connectivity index (χ3n) is 2.46. The van der Waals surface area contributed by atoms with E-state index in [9.17, 15) is 12.9 Å². The number of halogens is 3. The zero-order valence-corrected chi connectivity index (χ0v) is 6.96. The quantitative estimate of drug-likeness (QED) is 0.646. The predicted octanol–water partition coefficient (Wildman–Crippen LogP) is 1.66. The van der Waals surface area contributed by atoms with E-state index in [0.717, 1.165) is 30.0 Å². The van der Waals surface area contributed by atoms with Crippen molar-refractivity contribution in [3.63, 3.8) is 0 Å². The summed E-state index contributed by atoms with van der Waals surface area (Å²) in [6.45, 7) is -4.90. The lowest BCUT2D eigenvalue weighted by Crippen LogP contribution is -2.42. The summed E-state index contributed by atoms with van der Waals surface area (Å²) in [5, 5.41) is 3.72. The van der Waals surface area contributed by atoms with Gasteiger partial charge >= 0.3 is 6.98 Å². The summed E-state index contributed by atoms with van der Waals surface area (Å²) in [4.78, 5) is 0. The van der Waals surface area contributed by atoms with Crippen molar-refractivity contribution in [2.75, 3.05) is 0 Å². The molecule has 1 aromatic rings. The van der Waals surface area contributed by atoms with Gasteiger partial charge in [0, 0.05) is 12.2 Å². The third-order valence-corrected chi connectivity index (χ3v) is 2.46. The van der Waals surface area contributed by atoms with E-state index in [1.807, 2.05) is 0 Å². The molecule has 72 valence electrons. The number of nitrogens with zero attached hydrogens (tertiary/aromatic N) is 2. The van der Waals surface area contributed by atoms with E-state index in [-0.39, 0.29) is 6.04 Å². The molecule has 0 amide bonds. The Balaban J connectivity index is 2.30. The minimum atomic E-state index is -4.90. The molecule has 1 aliphatic carbocycles. The Kier molecular flexibility index (Phi) is 1.85. The van der Waals surface area contributed by atoms with E-state index in [0.29, 0.717) is 0 Å². The molecule has 1 saturated carbocycles. The van der Waals surface area contributed by atoms with E-state index in [4.69, 9.17) is 0 Å². The first-order valence-electron chi connectivity index (χ1n) is 4.32. The lowest BCUT2D eigenvalue weighted by molar-refractivity contribution is 0.291. The SMILES string of the molecule is F[B-](F)(F)c1ccnn1C1CCC1. The Hall–Kier alpha value is -0.935. The Morgan fingerprint density at radius 3 is 2.54 bits per heavy atom. The molecule has 0 radical (unpaired) electrons. The van der Waals surface area contributed by atoms with Crippen LogP contribution in [0.15, 0.2) is 12.3 Å². The van der Waals surface area contributed by atoms with Crippen LogP contribution in [-0.4, -0.2) is 16.8 Å². The van der Waals surface area contributed by atoms with Gasteiger partial charge in [-0.3, -0.25) is 4.68 Å². The Labute approximate surface area is 73.8 Å². The van der Waals surface area contributed by atoms with Gasteiger partial charge in [0.05, 0.1) is 0 Å². The minimum absolute atomic E-state index is 0.0199. The summed E-state index contributed by atoms with van der Waals surface area (Å²) in [5.74, 6) is 0. The van der Waals surface area contributed by atoms with Crippen LogP contribution in [0.2, 0.25) is 0 Å². The van der Waals surface area contributed by atoms with E-state index in [2.05, 4.69) is 5.10 Å². The van der Waals surface area contributed by atoms with Crippen LogP contribution >= 0.6 is 0 Å². The fourth-order valence-electron chi connectivity index (χ4n) is 1.52. The zero-order valence-electron chi connectivity index (χ0n) is 6.96. The Bertz CT molecular complexity index is 303. The Morgan fingerprint density at radius 1 is 1.38 bits per heavy atom. The van der Waals surface area contributed by atoms with Gasteiger partial charge in [-0.2, -0.15) is 5.10 Å². The first kappa shape index (κ1) is 8.65. The molecule has 2 nitrogen and oxygen atoms in total. The van der Waals surface area contributed by atoms with Crippen molar-refractivity contribution in [2.24, 2.45) is 0 Å². The van der Waals surface area contributed by atoms with E-state index in [1.165, 1.54) is 6.20 Å². The number of aromatic nitrogens is 2. The second kappa shape index (κ2) is 2.78. The van der Waals surface area contributed by atoms with Crippen LogP contribution in [0.3, 0.4) is 0 Å². The topological polar surface area (TPSA) is 17.8 Å². The van der Waals surface area contributed by atoms with E-state index >= 15 is 0 Å². The maximum absolute atomic E-state index is 12.4. The molecule has 1 aliphatic rings. The normalized spacial score (nSPS) is 18.7. The lowest BCUT2D eigenvalue weighted by Gasteiger charge is -2.30. The van der Waals surface area contributed by atoms with Gasteiger partial charge in [0.2, 0.25) is 0 Å². The first-order chi connectivity index (χ1) is 6.09. The van der Waals surface area contributed by atoms with Gasteiger partial charge in [-0.1, -0.05) is 6.07 Å². The highest BCUT2D eigenvalue weighted by Gasteiger charge is 2.33. The van der Waals surface area contributed by atoms with Gasteiger partial charge in [-0.15, -0.1) is 0 Å². The molecule has 2 rings (SSSR count). The van der Waals surface area contributed by atoms with Gasteiger partial charge in [0.15, 0.2) is 0 Å². The summed E-state index contributed by atoms with van der Waals surface area (Å²) in [7, 11) is 0. The molecule has 6 heteroatoms. The minimum Gasteiger partial charge on any atom is -0.444 e. The highest BCUT2D eigenvalue weighted by molar-refractivity contribution is 6.72. The monoisotopic (exact) mass is 189 g/mol. The van der Waals surface area contributed by atoms with Crippen molar-refractivity contribution in [3.8, 4) is 0 Å². The maximum atomic E-state index is 12.4. The molecule has 0 N–H and O–H groups in total. The highest BCUT2D eigenvalue weighted by Crippen LogP contribution is 2.30. The third kappa shape index (κ3) is 1.45. The molecular formula is C7H9BF3N2-. The molecule has 0 bridgehead atoms. The maximum Gasteiger partial charge on any atom is 0.527 e. The second-order valence-electron chi connectivity index (χ2n) is 3.36. The molecule has 1 aromatic heterocycles. The summed E-state index contributed by atoms with van der Waals surface area (Å²) in [6.07, 6.45) is 3.87. The van der Waals surface area contributed by atoms with Crippen molar-refractivity contribution < 1.29 is 12.9 Å². The molecule has 1 heterocycles. The summed E-state index contributed by atoms with van der Waals surface area (Å²) < 4.78 is 38.3. The van der Waals surface area contributed by atoms with Crippen LogP contribution in [-0.2, 0) is 0 Å². The molecule has 0 aliphatic heterocycles. The van der Waals surface area contributed by atoms with Crippen molar-refractivity contribution in [1.82, 2.24) is 9.78 Å². The molecule has 0 unspecified atom stereocenters. The van der Waals surface area contributed by atoms with Gasteiger partial charge < -0.3 is 12.9 Å². The van der Waals surface area contributed by atoms with E-state index in [1.54, 1.807) is 0 Å². The summed E-state index contributed by atoms with van der Waals surface area (Å²) >= 11 is 0. The second-order valence-corrected chi connectivity index (χ2v) is 3.36. The molecule has 1 fully saturated rings. The highest BCUT2D eigenvalue weighted by atomic mass is 19.4. The fraction of sp³-hybridized carbons (Fsp3) is 0.571. The van der Waals surface area contributed by atoms with E-state index < -0.39 is 12.6 Å². The predicted molar refractivity (Wildman–Crippen MR) is 43.8 cm³/mol. The van der Waals surface area contributed by atoms with Crippen molar-refractivity contribution >= 4 is 12.6 Å². The Morgan fingerprint density at radius 2 is 2.08 bits per heavy atom. The van der Waals surface area contributed by atoms with Crippen molar-refractivity contribution in [1.29, 1.82) is 0 Å². The smallest absolute Gasteiger partial charge is 0.444 e. The number of rotatable bonds is 2. The number of hydrogen-bond donors (Lipinski definition) is 0. The van der Waals surface area contributed by atoms with Crippen LogP contribution in [0.1, 0.15) is 25.3 Å². The standard InChI is InChI=1S/C7H9BF3N2/c9-8(10,11)7-4-5-12-13(7)6-2-1-3-6/h4-6H,1-3H2/q-1. The van der Waals surface area contributed by atoms with Crippen LogP contribution in [0.4, 0.5) is 12.9 Å². The van der Waals surface area contributed by atoms with Crippen LogP contribution in [0, 0.1) is 0 Å². The molecule has 0 aromatic carbocycles. The first-order valence-corrected chi connectivity index (χ1v) is 4.32. The number of hydrogen-bond acceptors (Lipinski definition) is 1. The average molecular weight is 189 g/mol. The largest absolute Gasteiger partial charge is 0.527 e. The molecule has 13 heavy (non-hydrogen) atoms. The molecule has 0 spiro atoms. The average Bonchev–Trinajstić information content (AvgIpc) is 2.29.